The molecule has 162 valence electrons. The monoisotopic (exact) mass is 449 g/mol. The van der Waals surface area contributed by atoms with E-state index in [0.717, 1.165) is 44.3 Å². The summed E-state index contributed by atoms with van der Waals surface area (Å²) in [6.45, 7) is 5.04. The summed E-state index contributed by atoms with van der Waals surface area (Å²) >= 11 is 1.32. The number of aromatic amines is 1. The molecule has 2 aliphatic rings. The molecule has 0 unspecified atom stereocenters. The first kappa shape index (κ1) is 21.3. The van der Waals surface area contributed by atoms with Crippen LogP contribution in [-0.4, -0.2) is 70.6 Å². The average molecular weight is 450 g/mol. The lowest BCUT2D eigenvalue weighted by Gasteiger charge is -2.30. The second-order valence-electron chi connectivity index (χ2n) is 7.95. The minimum Gasteiger partial charge on any atom is -0.342 e. The summed E-state index contributed by atoms with van der Waals surface area (Å²) in [5.74, 6) is 1.68. The number of carbonyl (C=O) groups excluding carboxylic acids is 1. The van der Waals surface area contributed by atoms with Gasteiger partial charge in [-0.1, -0.05) is 18.7 Å². The highest BCUT2D eigenvalue weighted by Crippen LogP contribution is 2.25. The predicted molar refractivity (Wildman–Crippen MR) is 116 cm³/mol. The van der Waals surface area contributed by atoms with Gasteiger partial charge in [0.05, 0.1) is 10.6 Å². The molecule has 1 N–H and O–H groups in total. The molecule has 30 heavy (non-hydrogen) atoms. The van der Waals surface area contributed by atoms with Gasteiger partial charge in [-0.15, -0.1) is 5.10 Å². The van der Waals surface area contributed by atoms with Crippen molar-refractivity contribution < 1.29 is 13.2 Å². The van der Waals surface area contributed by atoms with E-state index in [4.69, 9.17) is 0 Å². The summed E-state index contributed by atoms with van der Waals surface area (Å²) in [6.07, 6.45) is 3.94. The van der Waals surface area contributed by atoms with Crippen molar-refractivity contribution in [2.24, 2.45) is 5.92 Å². The summed E-state index contributed by atoms with van der Waals surface area (Å²) in [5, 5.41) is 7.57. The molecular weight excluding hydrogens is 422 g/mol. The zero-order valence-corrected chi connectivity index (χ0v) is 18.7. The van der Waals surface area contributed by atoms with Gasteiger partial charge in [-0.05, 0) is 55.9 Å². The first-order valence-electron chi connectivity index (χ1n) is 10.4. The van der Waals surface area contributed by atoms with Gasteiger partial charge >= 0.3 is 0 Å². The van der Waals surface area contributed by atoms with Crippen LogP contribution in [-0.2, 0) is 14.8 Å². The number of nitrogens with zero attached hydrogens (tertiary/aromatic N) is 4. The topological polar surface area (TPSA) is 99.3 Å². The van der Waals surface area contributed by atoms with Crippen molar-refractivity contribution in [3.63, 3.8) is 0 Å². The standard InChI is InChI=1S/C20H27N5O3S2/c1-15-8-12-24(13-9-15)18(26)14-29-20-21-19(22-23-20)16-4-6-17(7-5-16)30(27,28)25-10-2-3-11-25/h4-7,15H,2-3,8-14H2,1H3,(H,21,22,23). The molecule has 0 spiro atoms. The zero-order valence-electron chi connectivity index (χ0n) is 17.1. The van der Waals surface area contributed by atoms with Crippen molar-refractivity contribution in [2.45, 2.75) is 42.7 Å². The maximum atomic E-state index is 12.6. The van der Waals surface area contributed by atoms with Crippen molar-refractivity contribution in [1.82, 2.24) is 24.4 Å². The van der Waals surface area contributed by atoms with Crippen LogP contribution in [0.15, 0.2) is 34.3 Å². The Morgan fingerprint density at radius 1 is 1.13 bits per heavy atom. The molecule has 2 fully saturated rings. The van der Waals surface area contributed by atoms with Crippen LogP contribution in [0.4, 0.5) is 0 Å². The number of thioether (sulfide) groups is 1. The number of aromatic nitrogens is 3. The molecule has 0 aliphatic carbocycles. The maximum absolute atomic E-state index is 12.6. The lowest BCUT2D eigenvalue weighted by atomic mass is 9.99. The minimum absolute atomic E-state index is 0.120. The third-order valence-corrected chi connectivity index (χ3v) is 8.50. The van der Waals surface area contributed by atoms with E-state index < -0.39 is 10.0 Å². The molecule has 1 amide bonds. The number of piperidine rings is 1. The highest BCUT2D eigenvalue weighted by Gasteiger charge is 2.27. The molecule has 2 aliphatic heterocycles. The Balaban J connectivity index is 1.36. The van der Waals surface area contributed by atoms with Crippen molar-refractivity contribution >= 4 is 27.7 Å². The van der Waals surface area contributed by atoms with Gasteiger partial charge in [0, 0.05) is 31.7 Å². The van der Waals surface area contributed by atoms with Gasteiger partial charge in [0.2, 0.25) is 21.1 Å². The van der Waals surface area contributed by atoms with Crippen LogP contribution < -0.4 is 0 Å². The van der Waals surface area contributed by atoms with E-state index in [1.807, 2.05) is 4.90 Å². The molecule has 4 rings (SSSR count). The molecule has 1 aromatic carbocycles. The minimum atomic E-state index is -3.42. The summed E-state index contributed by atoms with van der Waals surface area (Å²) < 4.78 is 26.8. The van der Waals surface area contributed by atoms with Gasteiger partial charge in [-0.3, -0.25) is 9.89 Å². The molecule has 0 radical (unpaired) electrons. The van der Waals surface area contributed by atoms with Gasteiger partial charge in [0.25, 0.3) is 0 Å². The second-order valence-corrected chi connectivity index (χ2v) is 10.8. The number of benzene rings is 1. The van der Waals surface area contributed by atoms with Gasteiger partial charge in [-0.2, -0.15) is 4.31 Å². The quantitative estimate of drug-likeness (QED) is 0.681. The molecular formula is C20H27N5O3S2. The Kier molecular flexibility index (Phi) is 6.45. The van der Waals surface area contributed by atoms with Crippen molar-refractivity contribution in [3.05, 3.63) is 24.3 Å². The van der Waals surface area contributed by atoms with Crippen molar-refractivity contribution in [3.8, 4) is 11.4 Å². The Hall–Kier alpha value is -1.91. The Morgan fingerprint density at radius 3 is 2.47 bits per heavy atom. The van der Waals surface area contributed by atoms with Crippen LogP contribution in [0.1, 0.15) is 32.6 Å². The van der Waals surface area contributed by atoms with Crippen molar-refractivity contribution in [1.29, 1.82) is 0 Å². The number of amides is 1. The molecule has 2 aromatic rings. The summed E-state index contributed by atoms with van der Waals surface area (Å²) in [4.78, 5) is 19.0. The maximum Gasteiger partial charge on any atom is 0.243 e. The number of sulfonamides is 1. The molecule has 0 atom stereocenters. The fourth-order valence-electron chi connectivity index (χ4n) is 3.78. The number of hydrogen-bond donors (Lipinski definition) is 1. The highest BCUT2D eigenvalue weighted by atomic mass is 32.2. The number of nitrogens with one attached hydrogen (secondary N) is 1. The SMILES string of the molecule is CC1CCN(C(=O)CSc2n[nH]c(-c3ccc(S(=O)(=O)N4CCCC4)cc3)n2)CC1. The van der Waals surface area contributed by atoms with E-state index in [0.29, 0.717) is 40.6 Å². The normalized spacial score (nSPS) is 18.8. The van der Waals surface area contributed by atoms with E-state index in [9.17, 15) is 13.2 Å². The second kappa shape index (κ2) is 9.07. The third kappa shape index (κ3) is 4.70. The third-order valence-electron chi connectivity index (χ3n) is 5.76. The van der Waals surface area contributed by atoms with Crippen LogP contribution in [0.3, 0.4) is 0 Å². The zero-order chi connectivity index (χ0) is 21.1. The lowest BCUT2D eigenvalue weighted by molar-refractivity contribution is -0.129. The number of rotatable bonds is 6. The van der Waals surface area contributed by atoms with E-state index >= 15 is 0 Å². The molecule has 0 saturated carbocycles. The van der Waals surface area contributed by atoms with Gasteiger partial charge in [0.1, 0.15) is 0 Å². The van der Waals surface area contributed by atoms with E-state index in [1.165, 1.54) is 16.1 Å². The molecule has 0 bridgehead atoms. The molecule has 10 heteroatoms. The first-order chi connectivity index (χ1) is 14.4. The highest BCUT2D eigenvalue weighted by molar-refractivity contribution is 7.99. The smallest absolute Gasteiger partial charge is 0.243 e. The fraction of sp³-hybridized carbons (Fsp3) is 0.550. The van der Waals surface area contributed by atoms with E-state index in [-0.39, 0.29) is 5.91 Å². The summed E-state index contributed by atoms with van der Waals surface area (Å²) in [6, 6.07) is 6.69. The van der Waals surface area contributed by atoms with Crippen LogP contribution in [0.5, 0.6) is 0 Å². The Morgan fingerprint density at radius 2 is 1.80 bits per heavy atom. The number of likely N-dealkylation sites (tertiary alicyclic amines) is 1. The molecule has 3 heterocycles. The van der Waals surface area contributed by atoms with Gasteiger partial charge in [-0.25, -0.2) is 13.4 Å². The summed E-state index contributed by atoms with van der Waals surface area (Å²) in [5.41, 5.74) is 0.756. The number of H-pyrrole nitrogens is 1. The first-order valence-corrected chi connectivity index (χ1v) is 12.8. The fourth-order valence-corrected chi connectivity index (χ4v) is 6.00. The molecule has 1 aromatic heterocycles. The molecule has 8 nitrogen and oxygen atoms in total. The predicted octanol–water partition coefficient (Wildman–Crippen LogP) is 2.61. The number of hydrogen-bond acceptors (Lipinski definition) is 6. The van der Waals surface area contributed by atoms with Crippen LogP contribution in [0.2, 0.25) is 0 Å². The largest absolute Gasteiger partial charge is 0.342 e. The van der Waals surface area contributed by atoms with Gasteiger partial charge < -0.3 is 4.90 Å². The number of carbonyl (C=O) groups is 1. The lowest BCUT2D eigenvalue weighted by Crippen LogP contribution is -2.38. The molecule has 2 saturated heterocycles. The average Bonchev–Trinajstić information content (AvgIpc) is 3.45. The summed E-state index contributed by atoms with van der Waals surface area (Å²) in [7, 11) is -3.42. The van der Waals surface area contributed by atoms with Crippen LogP contribution in [0.25, 0.3) is 11.4 Å². The van der Waals surface area contributed by atoms with Gasteiger partial charge in [0.15, 0.2) is 5.82 Å². The Labute approximate surface area is 181 Å². The van der Waals surface area contributed by atoms with Crippen LogP contribution in [0, 0.1) is 5.92 Å². The van der Waals surface area contributed by atoms with E-state index in [2.05, 4.69) is 22.1 Å². The van der Waals surface area contributed by atoms with Crippen LogP contribution >= 0.6 is 11.8 Å². The van der Waals surface area contributed by atoms with Crippen molar-refractivity contribution in [2.75, 3.05) is 31.9 Å². The van der Waals surface area contributed by atoms with E-state index in [1.54, 1.807) is 24.3 Å². The Bertz CT molecular complexity index is 976.